The molecule has 0 aromatic heterocycles. The number of rotatable bonds is 6. The van der Waals surface area contributed by atoms with Gasteiger partial charge in [0.25, 0.3) is 0 Å². The molecule has 0 heteroatoms. The molecule has 1 aliphatic rings. The van der Waals surface area contributed by atoms with Crippen molar-refractivity contribution in [3.8, 4) is 0 Å². The zero-order valence-corrected chi connectivity index (χ0v) is 15.8. The highest BCUT2D eigenvalue weighted by Crippen LogP contribution is 2.43. The van der Waals surface area contributed by atoms with E-state index in [0.717, 1.165) is 5.92 Å². The van der Waals surface area contributed by atoms with Crippen LogP contribution >= 0.6 is 0 Å². The van der Waals surface area contributed by atoms with E-state index in [4.69, 9.17) is 0 Å². The molecule has 122 valence electrons. The van der Waals surface area contributed by atoms with Crippen molar-refractivity contribution in [3.05, 3.63) is 34.9 Å². The third-order valence-electron chi connectivity index (χ3n) is 4.67. The summed E-state index contributed by atoms with van der Waals surface area (Å²) < 4.78 is 0. The third kappa shape index (κ3) is 5.49. The summed E-state index contributed by atoms with van der Waals surface area (Å²) in [6, 6.07) is 0. The van der Waals surface area contributed by atoms with Crippen LogP contribution in [0, 0.1) is 11.3 Å². The van der Waals surface area contributed by atoms with Crippen molar-refractivity contribution in [2.75, 3.05) is 0 Å². The molecule has 1 atom stereocenters. The van der Waals surface area contributed by atoms with E-state index in [0.29, 0.717) is 5.41 Å². The molecule has 21 heavy (non-hydrogen) atoms. The zero-order valence-electron chi connectivity index (χ0n) is 15.8. The zero-order chi connectivity index (χ0) is 16.5. The van der Waals surface area contributed by atoms with Gasteiger partial charge in [0.2, 0.25) is 0 Å². The minimum Gasteiger partial charge on any atom is -0.0874 e. The second kappa shape index (κ2) is 10.0. The fourth-order valence-corrected chi connectivity index (χ4v) is 3.07. The van der Waals surface area contributed by atoms with Crippen LogP contribution in [-0.4, -0.2) is 0 Å². The molecule has 0 aromatic rings. The second-order valence-electron chi connectivity index (χ2n) is 6.46. The Hall–Kier alpha value is -0.780. The maximum absolute atomic E-state index is 2.51. The van der Waals surface area contributed by atoms with E-state index in [2.05, 4.69) is 59.8 Å². The Kier molecular flexibility index (Phi) is 9.66. The Morgan fingerprint density at radius 1 is 1.19 bits per heavy atom. The molecule has 0 aromatic carbocycles. The summed E-state index contributed by atoms with van der Waals surface area (Å²) in [5.74, 6) is 0.731. The van der Waals surface area contributed by atoms with Gasteiger partial charge in [-0.15, -0.1) is 0 Å². The maximum atomic E-state index is 2.51. The van der Waals surface area contributed by atoms with Gasteiger partial charge in [0, 0.05) is 0 Å². The normalized spacial score (nSPS) is 19.4. The molecular weight excluding hydrogens is 252 g/mol. The molecule has 0 N–H and O–H groups in total. The van der Waals surface area contributed by atoms with E-state index in [-0.39, 0.29) is 0 Å². The van der Waals surface area contributed by atoms with E-state index in [1.54, 1.807) is 16.7 Å². The molecule has 1 aliphatic carbocycles. The Morgan fingerprint density at radius 2 is 1.81 bits per heavy atom. The molecule has 0 nitrogen and oxygen atoms in total. The molecule has 1 rings (SSSR count). The molecule has 0 heterocycles. The molecule has 1 unspecified atom stereocenters. The maximum Gasteiger partial charge on any atom is -0.0107 e. The molecule has 0 saturated carbocycles. The summed E-state index contributed by atoms with van der Waals surface area (Å²) in [4.78, 5) is 0. The summed E-state index contributed by atoms with van der Waals surface area (Å²) in [5, 5.41) is 0. The first-order valence-electron chi connectivity index (χ1n) is 9.06. The van der Waals surface area contributed by atoms with Crippen molar-refractivity contribution in [1.29, 1.82) is 0 Å². The minimum atomic E-state index is 0.316. The first-order chi connectivity index (χ1) is 10.00. The first-order valence-corrected chi connectivity index (χ1v) is 9.06. The van der Waals surface area contributed by atoms with Gasteiger partial charge in [0.15, 0.2) is 0 Å². The van der Waals surface area contributed by atoms with E-state index < -0.39 is 0 Å². The predicted molar refractivity (Wildman–Crippen MR) is 98.6 cm³/mol. The number of hydrogen-bond donors (Lipinski definition) is 0. The predicted octanol–water partition coefficient (Wildman–Crippen LogP) is 7.48. The lowest BCUT2D eigenvalue weighted by atomic mass is 9.71. The van der Waals surface area contributed by atoms with Gasteiger partial charge in [0.05, 0.1) is 0 Å². The molecule has 0 amide bonds. The summed E-state index contributed by atoms with van der Waals surface area (Å²) in [7, 11) is 0. The summed E-state index contributed by atoms with van der Waals surface area (Å²) in [6.07, 6.45) is 13.3. The van der Waals surface area contributed by atoms with Crippen LogP contribution in [0.1, 0.15) is 87.5 Å². The van der Waals surface area contributed by atoms with Crippen molar-refractivity contribution >= 4 is 0 Å². The van der Waals surface area contributed by atoms with Crippen molar-refractivity contribution < 1.29 is 0 Å². The highest BCUT2D eigenvalue weighted by molar-refractivity contribution is 5.42. The molecule has 0 bridgehead atoms. The average molecular weight is 291 g/mol. The van der Waals surface area contributed by atoms with E-state index in [1.165, 1.54) is 32.1 Å². The van der Waals surface area contributed by atoms with Gasteiger partial charge < -0.3 is 0 Å². The quantitative estimate of drug-likeness (QED) is 0.475. The SMILES string of the molecule is C/C=C\C1=CC(C(C)(C)CC)=C(CCC)CC1CC.CC. The molecule has 0 saturated heterocycles. The monoisotopic (exact) mass is 290 g/mol. The van der Waals surface area contributed by atoms with Crippen LogP contribution in [0.3, 0.4) is 0 Å². The Labute approximate surface area is 134 Å². The number of allylic oxidation sites excluding steroid dienone is 6. The Morgan fingerprint density at radius 3 is 2.24 bits per heavy atom. The summed E-state index contributed by atoms with van der Waals surface area (Å²) >= 11 is 0. The van der Waals surface area contributed by atoms with Gasteiger partial charge >= 0.3 is 0 Å². The average Bonchev–Trinajstić information content (AvgIpc) is 2.50. The minimum absolute atomic E-state index is 0.316. The van der Waals surface area contributed by atoms with E-state index in [1.807, 2.05) is 13.8 Å². The van der Waals surface area contributed by atoms with Gasteiger partial charge in [-0.3, -0.25) is 0 Å². The van der Waals surface area contributed by atoms with Gasteiger partial charge in [-0.05, 0) is 55.1 Å². The standard InChI is InChI=1S/C19H32.C2H6/c1-7-11-16-14-18(19(5,6)10-4)17(12-8-2)13-15(16)9-3;1-2/h7,11,14-15H,8-10,12-13H2,1-6H3;1-2H3/b11-7-;. The lowest BCUT2D eigenvalue weighted by Crippen LogP contribution is -2.20. The van der Waals surface area contributed by atoms with E-state index in [9.17, 15) is 0 Å². The molecule has 0 aliphatic heterocycles. The van der Waals surface area contributed by atoms with Crippen LogP contribution in [-0.2, 0) is 0 Å². The molecule has 0 fully saturated rings. The van der Waals surface area contributed by atoms with Crippen molar-refractivity contribution in [1.82, 2.24) is 0 Å². The fraction of sp³-hybridized carbons (Fsp3) is 0.714. The van der Waals surface area contributed by atoms with Crippen LogP contribution in [0.15, 0.2) is 34.9 Å². The van der Waals surface area contributed by atoms with Crippen LogP contribution in [0.4, 0.5) is 0 Å². The van der Waals surface area contributed by atoms with Crippen LogP contribution in [0.2, 0.25) is 0 Å². The topological polar surface area (TPSA) is 0 Å². The Balaban J connectivity index is 0.00000191. The smallest absolute Gasteiger partial charge is 0.0107 e. The van der Waals surface area contributed by atoms with E-state index >= 15 is 0 Å². The highest BCUT2D eigenvalue weighted by Gasteiger charge is 2.28. The molecule has 0 spiro atoms. The largest absolute Gasteiger partial charge is 0.0874 e. The van der Waals surface area contributed by atoms with Crippen LogP contribution in [0.5, 0.6) is 0 Å². The third-order valence-corrected chi connectivity index (χ3v) is 4.67. The lowest BCUT2D eigenvalue weighted by Gasteiger charge is -2.34. The second-order valence-corrected chi connectivity index (χ2v) is 6.46. The van der Waals surface area contributed by atoms with Gasteiger partial charge in [-0.25, -0.2) is 0 Å². The Bertz CT molecular complexity index is 377. The molecular formula is C21H38. The van der Waals surface area contributed by atoms with Gasteiger partial charge in [0.1, 0.15) is 0 Å². The van der Waals surface area contributed by atoms with Gasteiger partial charge in [-0.1, -0.05) is 78.7 Å². The molecule has 0 radical (unpaired) electrons. The summed E-state index contributed by atoms with van der Waals surface area (Å²) in [6.45, 7) is 17.9. The van der Waals surface area contributed by atoms with Gasteiger partial charge in [-0.2, -0.15) is 0 Å². The van der Waals surface area contributed by atoms with Crippen LogP contribution < -0.4 is 0 Å². The first kappa shape index (κ1) is 20.2. The van der Waals surface area contributed by atoms with Crippen molar-refractivity contribution in [2.24, 2.45) is 11.3 Å². The summed E-state index contributed by atoms with van der Waals surface area (Å²) in [5.41, 5.74) is 5.20. The van der Waals surface area contributed by atoms with Crippen molar-refractivity contribution in [3.63, 3.8) is 0 Å². The fourth-order valence-electron chi connectivity index (χ4n) is 3.07. The lowest BCUT2D eigenvalue weighted by molar-refractivity contribution is 0.420. The highest BCUT2D eigenvalue weighted by atomic mass is 14.3. The van der Waals surface area contributed by atoms with Crippen molar-refractivity contribution in [2.45, 2.75) is 87.5 Å². The van der Waals surface area contributed by atoms with Crippen LogP contribution in [0.25, 0.3) is 0 Å². The number of hydrogen-bond acceptors (Lipinski definition) is 0.